The molecule has 5 nitrogen and oxygen atoms in total. The average Bonchev–Trinajstić information content (AvgIpc) is 2.54. The number of rotatable bonds is 6. The van der Waals surface area contributed by atoms with Crippen molar-refractivity contribution < 1.29 is 9.47 Å². The maximum Gasteiger partial charge on any atom is 0.236 e. The highest BCUT2D eigenvalue weighted by molar-refractivity contribution is 5.54. The van der Waals surface area contributed by atoms with Gasteiger partial charge in [0.05, 0.1) is 12.3 Å². The summed E-state index contributed by atoms with van der Waals surface area (Å²) in [6.45, 7) is 9.28. The van der Waals surface area contributed by atoms with E-state index >= 15 is 0 Å². The molecule has 1 atom stereocenters. The Morgan fingerprint density at radius 3 is 2.47 bits per heavy atom. The normalized spacial score (nSPS) is 13.1. The Hall–Kier alpha value is -1.23. The molecule has 5 heteroatoms. The first-order valence-electron chi connectivity index (χ1n) is 6.04. The lowest BCUT2D eigenvalue weighted by molar-refractivity contribution is 0.0615. The first kappa shape index (κ1) is 13.8. The maximum atomic E-state index is 6.03. The Labute approximate surface area is 103 Å². The third kappa shape index (κ3) is 3.36. The second-order valence-corrected chi connectivity index (χ2v) is 4.47. The van der Waals surface area contributed by atoms with Crippen molar-refractivity contribution in [3.8, 4) is 5.88 Å². The van der Waals surface area contributed by atoms with Gasteiger partial charge in [0, 0.05) is 13.7 Å². The molecule has 1 aromatic rings. The fourth-order valence-electron chi connectivity index (χ4n) is 1.62. The summed E-state index contributed by atoms with van der Waals surface area (Å²) in [7, 11) is 1.84. The smallest absolute Gasteiger partial charge is 0.236 e. The van der Waals surface area contributed by atoms with E-state index in [1.54, 1.807) is 4.68 Å². The van der Waals surface area contributed by atoms with Crippen molar-refractivity contribution in [1.29, 1.82) is 0 Å². The van der Waals surface area contributed by atoms with Gasteiger partial charge in [-0.15, -0.1) is 0 Å². The van der Waals surface area contributed by atoms with Gasteiger partial charge < -0.3 is 15.2 Å². The number of nitrogen functional groups attached to an aromatic ring is 1. The molecule has 0 aromatic carbocycles. The molecule has 1 heterocycles. The van der Waals surface area contributed by atoms with Gasteiger partial charge in [-0.1, -0.05) is 13.8 Å². The predicted molar refractivity (Wildman–Crippen MR) is 68.3 cm³/mol. The number of aromatic nitrogens is 2. The number of nitrogens with zero attached hydrogens (tertiary/aromatic N) is 2. The number of anilines is 1. The molecule has 17 heavy (non-hydrogen) atoms. The highest BCUT2D eigenvalue weighted by Gasteiger charge is 2.18. The van der Waals surface area contributed by atoms with E-state index in [1.165, 1.54) is 0 Å². The van der Waals surface area contributed by atoms with Gasteiger partial charge in [-0.05, 0) is 19.8 Å². The van der Waals surface area contributed by atoms with Crippen molar-refractivity contribution in [3.05, 3.63) is 5.69 Å². The van der Waals surface area contributed by atoms with Gasteiger partial charge in [0.1, 0.15) is 11.8 Å². The van der Waals surface area contributed by atoms with Gasteiger partial charge in [-0.3, -0.25) is 0 Å². The summed E-state index contributed by atoms with van der Waals surface area (Å²) in [5.41, 5.74) is 7.54. The summed E-state index contributed by atoms with van der Waals surface area (Å²) in [4.78, 5) is 0. The van der Waals surface area contributed by atoms with Crippen molar-refractivity contribution in [1.82, 2.24) is 9.78 Å². The molecule has 0 fully saturated rings. The largest absolute Gasteiger partial charge is 0.471 e. The Morgan fingerprint density at radius 2 is 2.00 bits per heavy atom. The lowest BCUT2D eigenvalue weighted by atomic mass is 10.1. The molecule has 1 aromatic heterocycles. The summed E-state index contributed by atoms with van der Waals surface area (Å²) in [6.07, 6.45) is -0.0346. The third-order valence-corrected chi connectivity index (χ3v) is 2.47. The van der Waals surface area contributed by atoms with E-state index in [0.29, 0.717) is 30.7 Å². The summed E-state index contributed by atoms with van der Waals surface area (Å²) in [5.74, 6) is 0.918. The lowest BCUT2D eigenvalue weighted by Crippen LogP contribution is -2.20. The van der Waals surface area contributed by atoms with E-state index in [-0.39, 0.29) is 6.10 Å². The predicted octanol–water partition coefficient (Wildman–Crippen LogP) is 1.93. The molecule has 0 radical (unpaired) electrons. The molecule has 0 aliphatic carbocycles. The molecule has 1 unspecified atom stereocenters. The van der Waals surface area contributed by atoms with Crippen LogP contribution in [0.15, 0.2) is 0 Å². The van der Waals surface area contributed by atoms with Crippen molar-refractivity contribution in [3.63, 3.8) is 0 Å². The Bertz CT molecular complexity index is 361. The molecule has 0 bridgehead atoms. The zero-order valence-corrected chi connectivity index (χ0v) is 11.4. The maximum absolute atomic E-state index is 6.03. The minimum absolute atomic E-state index is 0.0346. The molecule has 0 saturated heterocycles. The van der Waals surface area contributed by atoms with Gasteiger partial charge in [0.2, 0.25) is 5.88 Å². The Balaban J connectivity index is 2.77. The number of hydrogen-bond acceptors (Lipinski definition) is 4. The summed E-state index contributed by atoms with van der Waals surface area (Å²) in [5, 5.41) is 4.37. The van der Waals surface area contributed by atoms with Crippen LogP contribution in [0.3, 0.4) is 0 Å². The van der Waals surface area contributed by atoms with Crippen LogP contribution in [0.25, 0.3) is 0 Å². The molecule has 0 amide bonds. The van der Waals surface area contributed by atoms with Crippen LogP contribution in [-0.2, 0) is 11.8 Å². The van der Waals surface area contributed by atoms with Crippen LogP contribution < -0.4 is 10.5 Å². The van der Waals surface area contributed by atoms with Crippen molar-refractivity contribution in [2.75, 3.05) is 18.9 Å². The fourth-order valence-corrected chi connectivity index (χ4v) is 1.62. The molecule has 0 spiro atoms. The van der Waals surface area contributed by atoms with Crippen LogP contribution in [0.4, 0.5) is 5.69 Å². The molecule has 2 N–H and O–H groups in total. The Morgan fingerprint density at radius 1 is 1.35 bits per heavy atom. The van der Waals surface area contributed by atoms with Crippen LogP contribution in [0, 0.1) is 0 Å². The highest BCUT2D eigenvalue weighted by Crippen LogP contribution is 2.30. The minimum atomic E-state index is -0.0346. The second kappa shape index (κ2) is 5.91. The van der Waals surface area contributed by atoms with E-state index in [2.05, 4.69) is 18.9 Å². The first-order chi connectivity index (χ1) is 7.97. The van der Waals surface area contributed by atoms with Crippen LogP contribution in [0.1, 0.15) is 39.3 Å². The SMILES string of the molecule is CCOCC(C)Oc1c(N)c(C(C)C)nn1C. The van der Waals surface area contributed by atoms with E-state index in [1.807, 2.05) is 20.9 Å². The Kier molecular flexibility index (Phi) is 4.81. The molecular formula is C12H23N3O2. The molecule has 1 rings (SSSR count). The third-order valence-electron chi connectivity index (χ3n) is 2.47. The highest BCUT2D eigenvalue weighted by atomic mass is 16.5. The van der Waals surface area contributed by atoms with Crippen molar-refractivity contribution >= 4 is 5.69 Å². The second-order valence-electron chi connectivity index (χ2n) is 4.47. The van der Waals surface area contributed by atoms with Gasteiger partial charge in [0.15, 0.2) is 0 Å². The first-order valence-corrected chi connectivity index (χ1v) is 6.04. The van der Waals surface area contributed by atoms with Crippen molar-refractivity contribution in [2.45, 2.75) is 39.7 Å². The topological polar surface area (TPSA) is 62.3 Å². The number of hydrogen-bond donors (Lipinski definition) is 1. The van der Waals surface area contributed by atoms with Gasteiger partial charge in [0.25, 0.3) is 0 Å². The van der Waals surface area contributed by atoms with Crippen molar-refractivity contribution in [2.24, 2.45) is 7.05 Å². The van der Waals surface area contributed by atoms with E-state index in [4.69, 9.17) is 15.2 Å². The monoisotopic (exact) mass is 241 g/mol. The summed E-state index contributed by atoms with van der Waals surface area (Å²) in [6, 6.07) is 0. The molecule has 0 saturated carbocycles. The standard InChI is InChI=1S/C12H23N3O2/c1-6-16-7-9(4)17-12-10(13)11(8(2)3)14-15(12)5/h8-9H,6-7,13H2,1-5H3. The molecule has 0 aliphatic rings. The van der Waals surface area contributed by atoms with Gasteiger partial charge >= 0.3 is 0 Å². The zero-order chi connectivity index (χ0) is 13.0. The number of aryl methyl sites for hydroxylation is 1. The molecular weight excluding hydrogens is 218 g/mol. The van der Waals surface area contributed by atoms with Crippen LogP contribution >= 0.6 is 0 Å². The van der Waals surface area contributed by atoms with Gasteiger partial charge in [-0.2, -0.15) is 5.10 Å². The number of nitrogens with two attached hydrogens (primary N) is 1. The zero-order valence-electron chi connectivity index (χ0n) is 11.4. The fraction of sp³-hybridized carbons (Fsp3) is 0.750. The lowest BCUT2D eigenvalue weighted by Gasteiger charge is -2.14. The molecule has 0 aliphatic heterocycles. The minimum Gasteiger partial charge on any atom is -0.471 e. The van der Waals surface area contributed by atoms with Crippen LogP contribution in [0.5, 0.6) is 5.88 Å². The van der Waals surface area contributed by atoms with E-state index < -0.39 is 0 Å². The van der Waals surface area contributed by atoms with Crippen LogP contribution in [0.2, 0.25) is 0 Å². The quantitative estimate of drug-likeness (QED) is 0.826. The van der Waals surface area contributed by atoms with Crippen LogP contribution in [-0.4, -0.2) is 29.1 Å². The van der Waals surface area contributed by atoms with E-state index in [0.717, 1.165) is 5.69 Å². The average molecular weight is 241 g/mol. The van der Waals surface area contributed by atoms with E-state index in [9.17, 15) is 0 Å². The molecule has 98 valence electrons. The summed E-state index contributed by atoms with van der Waals surface area (Å²) >= 11 is 0. The van der Waals surface area contributed by atoms with Gasteiger partial charge in [-0.25, -0.2) is 4.68 Å². The summed E-state index contributed by atoms with van der Waals surface area (Å²) < 4.78 is 12.8. The number of ether oxygens (including phenoxy) is 2.